The van der Waals surface area contributed by atoms with Gasteiger partial charge >= 0.3 is 0 Å². The molecule has 0 bridgehead atoms. The van der Waals surface area contributed by atoms with E-state index in [1.165, 1.54) is 32.4 Å². The van der Waals surface area contributed by atoms with Crippen molar-refractivity contribution in [2.45, 2.75) is 32.4 Å². The van der Waals surface area contributed by atoms with Gasteiger partial charge in [-0.25, -0.2) is 0 Å². The molecule has 0 unspecified atom stereocenters. The number of methoxy groups -OCH3 is 2. The van der Waals surface area contributed by atoms with E-state index in [1.54, 1.807) is 20.4 Å². The highest BCUT2D eigenvalue weighted by atomic mass is 16.5. The fourth-order valence-electron chi connectivity index (χ4n) is 3.30. The summed E-state index contributed by atoms with van der Waals surface area (Å²) in [6, 6.07) is 5.60. The second-order valence-electron chi connectivity index (χ2n) is 6.77. The summed E-state index contributed by atoms with van der Waals surface area (Å²) in [6.07, 6.45) is 7.34. The van der Waals surface area contributed by atoms with Gasteiger partial charge in [0, 0.05) is 19.3 Å². The normalized spacial score (nSPS) is 14.7. The molecule has 1 aliphatic rings. The molecule has 1 N–H and O–H groups in total. The van der Waals surface area contributed by atoms with Gasteiger partial charge in [0.1, 0.15) is 0 Å². The summed E-state index contributed by atoms with van der Waals surface area (Å²) in [5, 5.41) is 7.24. The number of ether oxygens (including phenoxy) is 2. The van der Waals surface area contributed by atoms with Crippen molar-refractivity contribution in [1.82, 2.24) is 20.0 Å². The Morgan fingerprint density at radius 3 is 2.63 bits per heavy atom. The summed E-state index contributed by atoms with van der Waals surface area (Å²) in [7, 11) is 3.20. The fourth-order valence-corrected chi connectivity index (χ4v) is 3.30. The van der Waals surface area contributed by atoms with Gasteiger partial charge in [0.05, 0.1) is 32.5 Å². The van der Waals surface area contributed by atoms with Crippen molar-refractivity contribution in [1.29, 1.82) is 0 Å². The van der Waals surface area contributed by atoms with Gasteiger partial charge in [-0.05, 0) is 43.6 Å². The van der Waals surface area contributed by atoms with Crippen molar-refractivity contribution in [3.05, 3.63) is 41.7 Å². The van der Waals surface area contributed by atoms with E-state index in [1.807, 2.05) is 29.1 Å². The van der Waals surface area contributed by atoms with Crippen LogP contribution in [0, 0.1) is 0 Å². The number of amides is 1. The van der Waals surface area contributed by atoms with E-state index in [2.05, 4.69) is 15.3 Å². The number of nitrogens with zero attached hydrogens (tertiary/aromatic N) is 3. The van der Waals surface area contributed by atoms with Crippen LogP contribution in [-0.4, -0.2) is 54.4 Å². The average molecular weight is 372 g/mol. The average Bonchev–Trinajstić information content (AvgIpc) is 3.20. The predicted molar refractivity (Wildman–Crippen MR) is 103 cm³/mol. The minimum Gasteiger partial charge on any atom is -0.493 e. The lowest BCUT2D eigenvalue weighted by molar-refractivity contribution is 0.0950. The Labute approximate surface area is 160 Å². The third kappa shape index (κ3) is 5.23. The number of likely N-dealkylation sites (tertiary alicyclic amines) is 1. The van der Waals surface area contributed by atoms with Crippen molar-refractivity contribution < 1.29 is 14.3 Å². The standard InChI is InChI=1S/C20H28N4O3/c1-26-18-7-6-16(12-19(18)27-2)13-21-20(25)17-14-22-24(15-17)11-10-23-8-4-3-5-9-23/h6-7,12,14-15H,3-5,8-11,13H2,1-2H3,(H,21,25). The smallest absolute Gasteiger partial charge is 0.254 e. The predicted octanol–water partition coefficient (Wildman–Crippen LogP) is 2.32. The minimum absolute atomic E-state index is 0.131. The third-order valence-electron chi connectivity index (χ3n) is 4.89. The van der Waals surface area contributed by atoms with Crippen LogP contribution in [0.25, 0.3) is 0 Å². The molecule has 1 amide bonds. The summed E-state index contributed by atoms with van der Waals surface area (Å²) >= 11 is 0. The summed E-state index contributed by atoms with van der Waals surface area (Å²) in [4.78, 5) is 14.8. The van der Waals surface area contributed by atoms with Crippen LogP contribution in [0.15, 0.2) is 30.6 Å². The lowest BCUT2D eigenvalue weighted by Crippen LogP contribution is -2.32. The largest absolute Gasteiger partial charge is 0.493 e. The molecular formula is C20H28N4O3. The van der Waals surface area contributed by atoms with Crippen LogP contribution in [0.2, 0.25) is 0 Å². The molecule has 0 atom stereocenters. The number of carbonyl (C=O) groups excluding carboxylic acids is 1. The van der Waals surface area contributed by atoms with E-state index in [0.29, 0.717) is 23.6 Å². The van der Waals surface area contributed by atoms with Crippen LogP contribution in [0.4, 0.5) is 0 Å². The van der Waals surface area contributed by atoms with Gasteiger partial charge in [-0.15, -0.1) is 0 Å². The number of piperidine rings is 1. The maximum absolute atomic E-state index is 12.4. The molecule has 1 fully saturated rings. The van der Waals surface area contributed by atoms with Crippen molar-refractivity contribution in [3.63, 3.8) is 0 Å². The summed E-state index contributed by atoms with van der Waals surface area (Å²) < 4.78 is 12.4. The first kappa shape index (κ1) is 19.2. The van der Waals surface area contributed by atoms with Gasteiger partial charge in [0.25, 0.3) is 5.91 Å². The van der Waals surface area contributed by atoms with Crippen LogP contribution in [0.1, 0.15) is 35.2 Å². The number of rotatable bonds is 8. The Bertz CT molecular complexity index is 753. The molecule has 1 aromatic heterocycles. The molecule has 0 radical (unpaired) electrons. The zero-order valence-electron chi connectivity index (χ0n) is 16.1. The highest BCUT2D eigenvalue weighted by Gasteiger charge is 2.12. The van der Waals surface area contributed by atoms with Crippen molar-refractivity contribution >= 4 is 5.91 Å². The van der Waals surface area contributed by atoms with Crippen molar-refractivity contribution in [2.24, 2.45) is 0 Å². The Hall–Kier alpha value is -2.54. The molecular weight excluding hydrogens is 344 g/mol. The first-order valence-electron chi connectivity index (χ1n) is 9.43. The molecule has 146 valence electrons. The number of hydrogen-bond donors (Lipinski definition) is 1. The Morgan fingerprint density at radius 1 is 1.11 bits per heavy atom. The Morgan fingerprint density at radius 2 is 1.89 bits per heavy atom. The number of carbonyl (C=O) groups is 1. The zero-order chi connectivity index (χ0) is 19.1. The van der Waals surface area contributed by atoms with Crippen LogP contribution in [-0.2, 0) is 13.1 Å². The summed E-state index contributed by atoms with van der Waals surface area (Å²) in [6.45, 7) is 4.54. The topological polar surface area (TPSA) is 68.6 Å². The van der Waals surface area contributed by atoms with E-state index in [4.69, 9.17) is 9.47 Å². The maximum Gasteiger partial charge on any atom is 0.254 e. The van der Waals surface area contributed by atoms with E-state index >= 15 is 0 Å². The fraction of sp³-hybridized carbons (Fsp3) is 0.500. The number of aromatic nitrogens is 2. The van der Waals surface area contributed by atoms with Crippen molar-refractivity contribution in [2.75, 3.05) is 33.9 Å². The van der Waals surface area contributed by atoms with Crippen LogP contribution >= 0.6 is 0 Å². The third-order valence-corrected chi connectivity index (χ3v) is 4.89. The second-order valence-corrected chi connectivity index (χ2v) is 6.77. The molecule has 27 heavy (non-hydrogen) atoms. The Balaban J connectivity index is 1.50. The maximum atomic E-state index is 12.4. The molecule has 0 aliphatic carbocycles. The SMILES string of the molecule is COc1ccc(CNC(=O)c2cnn(CCN3CCCCC3)c2)cc1OC. The first-order chi connectivity index (χ1) is 13.2. The molecule has 1 aliphatic heterocycles. The van der Waals surface area contributed by atoms with E-state index < -0.39 is 0 Å². The first-order valence-corrected chi connectivity index (χ1v) is 9.43. The molecule has 0 saturated carbocycles. The van der Waals surface area contributed by atoms with E-state index in [-0.39, 0.29) is 5.91 Å². The number of hydrogen-bond acceptors (Lipinski definition) is 5. The monoisotopic (exact) mass is 372 g/mol. The molecule has 1 saturated heterocycles. The van der Waals surface area contributed by atoms with Crippen LogP contribution in [0.3, 0.4) is 0 Å². The quantitative estimate of drug-likeness (QED) is 0.770. The number of nitrogens with one attached hydrogen (secondary N) is 1. The lowest BCUT2D eigenvalue weighted by Gasteiger charge is -2.26. The number of benzene rings is 1. The molecule has 2 heterocycles. The van der Waals surface area contributed by atoms with Gasteiger partial charge in [0.15, 0.2) is 11.5 Å². The molecule has 7 nitrogen and oxygen atoms in total. The molecule has 7 heteroatoms. The van der Waals surface area contributed by atoms with Crippen molar-refractivity contribution in [3.8, 4) is 11.5 Å². The second kappa shape index (κ2) is 9.41. The van der Waals surface area contributed by atoms with Gasteiger partial charge in [-0.3, -0.25) is 9.48 Å². The van der Waals surface area contributed by atoms with Gasteiger partial charge in [-0.1, -0.05) is 12.5 Å². The van der Waals surface area contributed by atoms with Gasteiger partial charge in [-0.2, -0.15) is 5.10 Å². The van der Waals surface area contributed by atoms with E-state index in [0.717, 1.165) is 18.7 Å². The molecule has 3 rings (SSSR count). The molecule has 2 aromatic rings. The molecule has 1 aromatic carbocycles. The van der Waals surface area contributed by atoms with Gasteiger partial charge in [0.2, 0.25) is 0 Å². The highest BCUT2D eigenvalue weighted by Crippen LogP contribution is 2.27. The summed E-state index contributed by atoms with van der Waals surface area (Å²) in [5.74, 6) is 1.19. The highest BCUT2D eigenvalue weighted by molar-refractivity contribution is 5.93. The lowest BCUT2D eigenvalue weighted by atomic mass is 10.1. The van der Waals surface area contributed by atoms with Crippen LogP contribution < -0.4 is 14.8 Å². The van der Waals surface area contributed by atoms with E-state index in [9.17, 15) is 4.79 Å². The van der Waals surface area contributed by atoms with Crippen LogP contribution in [0.5, 0.6) is 11.5 Å². The zero-order valence-corrected chi connectivity index (χ0v) is 16.1. The summed E-state index contributed by atoms with van der Waals surface area (Å²) in [5.41, 5.74) is 1.52. The molecule has 0 spiro atoms. The van der Waals surface area contributed by atoms with Gasteiger partial charge < -0.3 is 19.7 Å². The minimum atomic E-state index is -0.131. The Kier molecular flexibility index (Phi) is 6.70.